The van der Waals surface area contributed by atoms with E-state index in [-0.39, 0.29) is 0 Å². The first kappa shape index (κ1) is 13.5. The van der Waals surface area contributed by atoms with Crippen LogP contribution in [0.4, 0.5) is 0 Å². The van der Waals surface area contributed by atoms with E-state index in [0.717, 1.165) is 23.1 Å². The molecule has 1 heterocycles. The van der Waals surface area contributed by atoms with E-state index in [0.29, 0.717) is 13.0 Å². The Hall–Kier alpha value is -1.92. The zero-order chi connectivity index (χ0) is 13.8. The number of benzene rings is 1. The van der Waals surface area contributed by atoms with Crippen molar-refractivity contribution < 1.29 is 9.90 Å². The molecule has 0 saturated carbocycles. The Bertz CT molecular complexity index is 567. The van der Waals surface area contributed by atoms with Crippen LogP contribution >= 0.6 is 0 Å². The average Bonchev–Trinajstić information content (AvgIpc) is 2.83. The Balaban J connectivity index is 1.90. The van der Waals surface area contributed by atoms with Crippen LogP contribution in [-0.2, 0) is 11.3 Å². The molecule has 19 heavy (non-hydrogen) atoms. The van der Waals surface area contributed by atoms with Crippen molar-refractivity contribution in [2.24, 2.45) is 5.73 Å². The molecule has 0 spiro atoms. The predicted molar refractivity (Wildman–Crippen MR) is 72.7 cm³/mol. The summed E-state index contributed by atoms with van der Waals surface area (Å²) in [5.41, 5.74) is 8.59. The molecule has 0 radical (unpaired) electrons. The van der Waals surface area contributed by atoms with Crippen molar-refractivity contribution in [1.29, 1.82) is 0 Å². The maximum Gasteiger partial charge on any atom is 0.320 e. The first-order chi connectivity index (χ1) is 9.06. The minimum atomic E-state index is -0.952. The van der Waals surface area contributed by atoms with Crippen LogP contribution in [-0.4, -0.2) is 45.6 Å². The first-order valence-electron chi connectivity index (χ1n) is 6.15. The van der Waals surface area contributed by atoms with E-state index in [9.17, 15) is 4.79 Å². The first-order valence-corrected chi connectivity index (χ1v) is 6.15. The van der Waals surface area contributed by atoms with E-state index in [2.05, 4.69) is 20.9 Å². The van der Waals surface area contributed by atoms with E-state index in [4.69, 9.17) is 10.8 Å². The van der Waals surface area contributed by atoms with Gasteiger partial charge in [-0.1, -0.05) is 6.07 Å². The molecule has 1 unspecified atom stereocenters. The average molecular weight is 262 g/mol. The maximum atomic E-state index is 10.6. The van der Waals surface area contributed by atoms with Crippen molar-refractivity contribution in [3.8, 4) is 0 Å². The molecule has 0 fully saturated rings. The van der Waals surface area contributed by atoms with Gasteiger partial charge in [0.15, 0.2) is 0 Å². The lowest BCUT2D eigenvalue weighted by molar-refractivity contribution is -0.138. The topological polar surface area (TPSA) is 95.2 Å². The highest BCUT2D eigenvalue weighted by molar-refractivity contribution is 5.75. The van der Waals surface area contributed by atoms with Gasteiger partial charge in [0, 0.05) is 13.1 Å². The van der Waals surface area contributed by atoms with Gasteiger partial charge in [0.1, 0.15) is 6.04 Å². The number of hydrogen-bond donors (Lipinski definition) is 3. The van der Waals surface area contributed by atoms with E-state index < -0.39 is 12.0 Å². The van der Waals surface area contributed by atoms with Crippen LogP contribution in [0.2, 0.25) is 0 Å². The number of imidazole rings is 1. The van der Waals surface area contributed by atoms with Gasteiger partial charge in [-0.15, -0.1) is 0 Å². The summed E-state index contributed by atoms with van der Waals surface area (Å²) < 4.78 is 0. The van der Waals surface area contributed by atoms with Gasteiger partial charge in [0.2, 0.25) is 0 Å². The second-order valence-electron chi connectivity index (χ2n) is 4.73. The Morgan fingerprint density at radius 1 is 1.58 bits per heavy atom. The minimum absolute atomic E-state index is 0.443. The number of nitrogens with two attached hydrogens (primary N) is 1. The normalized spacial score (nSPS) is 13.0. The van der Waals surface area contributed by atoms with Crippen LogP contribution in [0.15, 0.2) is 24.5 Å². The van der Waals surface area contributed by atoms with Crippen molar-refractivity contribution in [3.05, 3.63) is 30.1 Å². The van der Waals surface area contributed by atoms with Gasteiger partial charge < -0.3 is 20.7 Å². The summed E-state index contributed by atoms with van der Waals surface area (Å²) in [6.07, 6.45) is 2.11. The van der Waals surface area contributed by atoms with Crippen LogP contribution < -0.4 is 5.73 Å². The third-order valence-electron chi connectivity index (χ3n) is 3.08. The summed E-state index contributed by atoms with van der Waals surface area (Å²) >= 11 is 0. The molecule has 0 saturated heterocycles. The SMILES string of the molecule is CN(CCC(N)C(=O)O)Cc1ccc2nc[nH]c2c1. The summed E-state index contributed by atoms with van der Waals surface area (Å²) in [5, 5.41) is 8.72. The number of nitrogens with zero attached hydrogens (tertiary/aromatic N) is 2. The van der Waals surface area contributed by atoms with Gasteiger partial charge in [0.05, 0.1) is 17.4 Å². The number of aliphatic carboxylic acids is 1. The quantitative estimate of drug-likeness (QED) is 0.715. The monoisotopic (exact) mass is 262 g/mol. The molecule has 1 atom stereocenters. The third-order valence-corrected chi connectivity index (χ3v) is 3.08. The lowest BCUT2D eigenvalue weighted by atomic mass is 10.1. The van der Waals surface area contributed by atoms with E-state index in [1.807, 2.05) is 19.2 Å². The van der Waals surface area contributed by atoms with Crippen molar-refractivity contribution in [3.63, 3.8) is 0 Å². The van der Waals surface area contributed by atoms with E-state index in [1.54, 1.807) is 6.33 Å². The molecule has 0 aliphatic carbocycles. The highest BCUT2D eigenvalue weighted by atomic mass is 16.4. The van der Waals surface area contributed by atoms with Crippen molar-refractivity contribution in [2.75, 3.05) is 13.6 Å². The maximum absolute atomic E-state index is 10.6. The number of hydrogen-bond acceptors (Lipinski definition) is 4. The summed E-state index contributed by atoms with van der Waals surface area (Å²) in [5.74, 6) is -0.952. The van der Waals surface area contributed by atoms with Crippen molar-refractivity contribution in [1.82, 2.24) is 14.9 Å². The summed E-state index contributed by atoms with van der Waals surface area (Å²) in [6, 6.07) is 5.25. The number of carboxylic acid groups (broad SMARTS) is 1. The molecular weight excluding hydrogens is 244 g/mol. The van der Waals surface area contributed by atoms with Gasteiger partial charge in [-0.25, -0.2) is 4.98 Å². The molecule has 1 aromatic carbocycles. The van der Waals surface area contributed by atoms with Crippen LogP contribution in [0.5, 0.6) is 0 Å². The zero-order valence-corrected chi connectivity index (χ0v) is 10.8. The third kappa shape index (κ3) is 3.52. The number of H-pyrrole nitrogens is 1. The van der Waals surface area contributed by atoms with Crippen LogP contribution in [0.25, 0.3) is 11.0 Å². The van der Waals surface area contributed by atoms with Gasteiger partial charge in [-0.2, -0.15) is 0 Å². The second kappa shape index (κ2) is 5.81. The van der Waals surface area contributed by atoms with Crippen molar-refractivity contribution in [2.45, 2.75) is 19.0 Å². The number of fused-ring (bicyclic) bond motifs is 1. The number of nitrogens with one attached hydrogen (secondary N) is 1. The van der Waals surface area contributed by atoms with Crippen LogP contribution in [0, 0.1) is 0 Å². The Morgan fingerprint density at radius 3 is 3.11 bits per heavy atom. The fourth-order valence-electron chi connectivity index (χ4n) is 1.95. The fourth-order valence-corrected chi connectivity index (χ4v) is 1.95. The standard InChI is InChI=1S/C13H18N4O2/c1-17(5-4-10(14)13(18)19)7-9-2-3-11-12(6-9)16-8-15-11/h2-3,6,8,10H,4-5,7,14H2,1H3,(H,15,16)(H,18,19). The number of rotatable bonds is 6. The number of aromatic nitrogens is 2. The van der Waals surface area contributed by atoms with E-state index >= 15 is 0 Å². The Kier molecular flexibility index (Phi) is 4.13. The smallest absolute Gasteiger partial charge is 0.320 e. The zero-order valence-electron chi connectivity index (χ0n) is 10.8. The van der Waals surface area contributed by atoms with Gasteiger partial charge in [0.25, 0.3) is 0 Å². The molecule has 0 aliphatic rings. The lowest BCUT2D eigenvalue weighted by Crippen LogP contribution is -2.34. The fraction of sp³-hybridized carbons (Fsp3) is 0.385. The summed E-state index contributed by atoms with van der Waals surface area (Å²) in [4.78, 5) is 19.9. The summed E-state index contributed by atoms with van der Waals surface area (Å²) in [7, 11) is 1.95. The molecule has 0 amide bonds. The molecule has 2 aromatic rings. The Morgan fingerprint density at radius 2 is 2.37 bits per heavy atom. The second-order valence-corrected chi connectivity index (χ2v) is 4.73. The molecule has 2 rings (SSSR count). The Labute approximate surface area is 111 Å². The molecule has 6 heteroatoms. The molecular formula is C13H18N4O2. The number of aromatic amines is 1. The number of carboxylic acids is 1. The molecule has 6 nitrogen and oxygen atoms in total. The van der Waals surface area contributed by atoms with Gasteiger partial charge in [-0.3, -0.25) is 4.79 Å². The predicted octanol–water partition coefficient (Wildman–Crippen LogP) is 0.797. The van der Waals surface area contributed by atoms with Gasteiger partial charge in [-0.05, 0) is 31.2 Å². The molecule has 1 aromatic heterocycles. The lowest BCUT2D eigenvalue weighted by Gasteiger charge is -2.17. The van der Waals surface area contributed by atoms with Crippen LogP contribution in [0.3, 0.4) is 0 Å². The number of carbonyl (C=O) groups is 1. The van der Waals surface area contributed by atoms with Gasteiger partial charge >= 0.3 is 5.97 Å². The van der Waals surface area contributed by atoms with Crippen molar-refractivity contribution >= 4 is 17.0 Å². The van der Waals surface area contributed by atoms with Crippen LogP contribution in [0.1, 0.15) is 12.0 Å². The highest BCUT2D eigenvalue weighted by Gasteiger charge is 2.12. The molecule has 0 bridgehead atoms. The van der Waals surface area contributed by atoms with E-state index in [1.165, 1.54) is 0 Å². The highest BCUT2D eigenvalue weighted by Crippen LogP contribution is 2.13. The molecule has 4 N–H and O–H groups in total. The summed E-state index contributed by atoms with van der Waals surface area (Å²) in [6.45, 7) is 1.40. The molecule has 102 valence electrons. The minimum Gasteiger partial charge on any atom is -0.480 e. The molecule has 0 aliphatic heterocycles. The largest absolute Gasteiger partial charge is 0.480 e.